The second kappa shape index (κ2) is 7.14. The molecule has 0 saturated carbocycles. The Morgan fingerprint density at radius 1 is 1.30 bits per heavy atom. The highest BCUT2D eigenvalue weighted by molar-refractivity contribution is 7.17. The molecule has 0 bridgehead atoms. The van der Waals surface area contributed by atoms with Gasteiger partial charge >= 0.3 is 0 Å². The summed E-state index contributed by atoms with van der Waals surface area (Å²) < 4.78 is 5.17. The number of ether oxygens (including phenoxy) is 1. The Morgan fingerprint density at radius 3 is 2.61 bits per heavy atom. The predicted octanol–water partition coefficient (Wildman–Crippen LogP) is 1.59. The molecular weight excluding hydrogens is 318 g/mol. The van der Waals surface area contributed by atoms with Gasteiger partial charge in [-0.2, -0.15) is 0 Å². The fraction of sp³-hybridized carbons (Fsp3) is 0.357. The smallest absolute Gasteiger partial charge is 0.277 e. The molecule has 2 aromatic heterocycles. The van der Waals surface area contributed by atoms with Crippen LogP contribution >= 0.6 is 11.3 Å². The fourth-order valence-corrected chi connectivity index (χ4v) is 2.66. The van der Waals surface area contributed by atoms with E-state index in [2.05, 4.69) is 20.5 Å². The minimum atomic E-state index is -0.446. The molecule has 0 spiro atoms. The molecule has 9 heteroatoms. The Labute approximate surface area is 137 Å². The average Bonchev–Trinajstić information content (AvgIpc) is 2.87. The van der Waals surface area contributed by atoms with Crippen LogP contribution in [-0.2, 0) is 0 Å². The molecule has 2 amide bonds. The maximum absolute atomic E-state index is 12.1. The van der Waals surface area contributed by atoms with Crippen molar-refractivity contribution >= 4 is 28.3 Å². The highest BCUT2D eigenvalue weighted by Crippen LogP contribution is 2.24. The van der Waals surface area contributed by atoms with E-state index >= 15 is 0 Å². The number of aryl methyl sites for hydroxylation is 1. The zero-order chi connectivity index (χ0) is 17.0. The summed E-state index contributed by atoms with van der Waals surface area (Å²) in [6, 6.07) is 3.08. The number of carbonyl (C=O) groups excluding carboxylic acids is 2. The van der Waals surface area contributed by atoms with Gasteiger partial charge < -0.3 is 9.64 Å². The van der Waals surface area contributed by atoms with Gasteiger partial charge in [-0.05, 0) is 19.9 Å². The van der Waals surface area contributed by atoms with Crippen molar-refractivity contribution in [2.24, 2.45) is 0 Å². The van der Waals surface area contributed by atoms with E-state index in [0.29, 0.717) is 28.2 Å². The third-order valence-corrected chi connectivity index (χ3v) is 3.84. The number of nitrogens with one attached hydrogen (secondary N) is 1. The summed E-state index contributed by atoms with van der Waals surface area (Å²) in [5.41, 5.74) is 0.712. The van der Waals surface area contributed by atoms with Crippen molar-refractivity contribution in [3.8, 4) is 5.88 Å². The van der Waals surface area contributed by atoms with Crippen molar-refractivity contribution in [1.82, 2.24) is 20.1 Å². The molecule has 0 unspecified atom stereocenters. The number of hydrogen-bond acceptors (Lipinski definition) is 7. The van der Waals surface area contributed by atoms with Crippen LogP contribution in [0.4, 0.5) is 5.13 Å². The van der Waals surface area contributed by atoms with Gasteiger partial charge in [-0.3, -0.25) is 14.9 Å². The molecule has 0 aliphatic heterocycles. The molecule has 0 fully saturated rings. The summed E-state index contributed by atoms with van der Waals surface area (Å²) >= 11 is 1.12. The molecule has 0 aromatic carbocycles. The molecule has 1 N–H and O–H groups in total. The van der Waals surface area contributed by atoms with Gasteiger partial charge in [0, 0.05) is 20.2 Å². The number of thiazole rings is 1. The van der Waals surface area contributed by atoms with E-state index in [1.54, 1.807) is 27.1 Å². The molecule has 2 heterocycles. The Balaban J connectivity index is 2.11. The van der Waals surface area contributed by atoms with Crippen molar-refractivity contribution in [2.75, 3.05) is 26.0 Å². The van der Waals surface area contributed by atoms with E-state index in [1.165, 1.54) is 11.0 Å². The van der Waals surface area contributed by atoms with Gasteiger partial charge in [0.05, 0.1) is 12.3 Å². The fourth-order valence-electron chi connectivity index (χ4n) is 1.68. The first-order valence-electron chi connectivity index (χ1n) is 6.89. The van der Waals surface area contributed by atoms with Gasteiger partial charge in [-0.15, -0.1) is 10.2 Å². The normalized spacial score (nSPS) is 10.3. The maximum Gasteiger partial charge on any atom is 0.277 e. The quantitative estimate of drug-likeness (QED) is 0.891. The van der Waals surface area contributed by atoms with Gasteiger partial charge in [0.2, 0.25) is 5.88 Å². The highest BCUT2D eigenvalue weighted by Gasteiger charge is 2.18. The maximum atomic E-state index is 12.1. The highest BCUT2D eigenvalue weighted by atomic mass is 32.1. The minimum absolute atomic E-state index is 0.141. The molecule has 0 aliphatic carbocycles. The lowest BCUT2D eigenvalue weighted by atomic mass is 10.3. The van der Waals surface area contributed by atoms with Gasteiger partial charge in [-0.25, -0.2) is 4.98 Å². The molecule has 0 atom stereocenters. The average molecular weight is 335 g/mol. The Bertz CT molecular complexity index is 712. The molecule has 2 aromatic rings. The van der Waals surface area contributed by atoms with E-state index in [4.69, 9.17) is 4.74 Å². The van der Waals surface area contributed by atoms with Crippen LogP contribution in [0.15, 0.2) is 12.1 Å². The van der Waals surface area contributed by atoms with Gasteiger partial charge in [0.15, 0.2) is 10.8 Å². The number of carbonyl (C=O) groups is 2. The van der Waals surface area contributed by atoms with Gasteiger partial charge in [-0.1, -0.05) is 11.3 Å². The van der Waals surface area contributed by atoms with E-state index in [1.807, 2.05) is 6.92 Å². The molecular formula is C14H17N5O3S. The molecule has 23 heavy (non-hydrogen) atoms. The molecule has 0 saturated heterocycles. The van der Waals surface area contributed by atoms with Crippen LogP contribution in [0.25, 0.3) is 0 Å². The van der Waals surface area contributed by atoms with Crippen LogP contribution in [0.2, 0.25) is 0 Å². The zero-order valence-corrected chi connectivity index (χ0v) is 14.1. The second-order valence-corrected chi connectivity index (χ2v) is 5.78. The summed E-state index contributed by atoms with van der Waals surface area (Å²) in [7, 11) is 3.32. The summed E-state index contributed by atoms with van der Waals surface area (Å²) in [6.07, 6.45) is 0. The predicted molar refractivity (Wildman–Crippen MR) is 86.0 cm³/mol. The van der Waals surface area contributed by atoms with Crippen LogP contribution in [0.1, 0.15) is 32.8 Å². The summed E-state index contributed by atoms with van der Waals surface area (Å²) in [5.74, 6) is -0.243. The second-order valence-electron chi connectivity index (χ2n) is 4.78. The SMILES string of the molecule is CCOc1ccc(C(=O)Nc2nc(C)c(C(=O)N(C)C)s2)nn1. The van der Waals surface area contributed by atoms with Crippen LogP contribution in [0, 0.1) is 6.92 Å². The number of nitrogens with zero attached hydrogens (tertiary/aromatic N) is 4. The first kappa shape index (κ1) is 16.8. The minimum Gasteiger partial charge on any atom is -0.477 e. The number of amides is 2. The number of anilines is 1. The van der Waals surface area contributed by atoms with Crippen molar-refractivity contribution in [1.29, 1.82) is 0 Å². The Kier molecular flexibility index (Phi) is 5.22. The first-order chi connectivity index (χ1) is 10.9. The Morgan fingerprint density at radius 2 is 2.04 bits per heavy atom. The lowest BCUT2D eigenvalue weighted by Gasteiger charge is -2.07. The third-order valence-electron chi connectivity index (χ3n) is 2.78. The topological polar surface area (TPSA) is 97.3 Å². The standard InChI is InChI=1S/C14H17N5O3S/c1-5-22-10-7-6-9(17-18-10)12(20)16-14-15-8(2)11(23-14)13(21)19(3)4/h6-7H,5H2,1-4H3,(H,15,16,20). The van der Waals surface area contributed by atoms with Crippen LogP contribution in [0.3, 0.4) is 0 Å². The third kappa shape index (κ3) is 4.01. The van der Waals surface area contributed by atoms with Crippen molar-refractivity contribution in [2.45, 2.75) is 13.8 Å². The van der Waals surface area contributed by atoms with Crippen molar-refractivity contribution in [3.63, 3.8) is 0 Å². The van der Waals surface area contributed by atoms with Crippen LogP contribution in [0.5, 0.6) is 5.88 Å². The van der Waals surface area contributed by atoms with E-state index in [9.17, 15) is 9.59 Å². The summed E-state index contributed by atoms with van der Waals surface area (Å²) in [5, 5.41) is 10.6. The molecule has 8 nitrogen and oxygen atoms in total. The van der Waals surface area contributed by atoms with Gasteiger partial charge in [0.25, 0.3) is 11.8 Å². The molecule has 2 rings (SSSR count). The number of hydrogen-bond donors (Lipinski definition) is 1. The first-order valence-corrected chi connectivity index (χ1v) is 7.71. The summed E-state index contributed by atoms with van der Waals surface area (Å²) in [6.45, 7) is 4.03. The van der Waals surface area contributed by atoms with Gasteiger partial charge in [0.1, 0.15) is 4.88 Å². The van der Waals surface area contributed by atoms with E-state index in [0.717, 1.165) is 11.3 Å². The molecule has 122 valence electrons. The largest absolute Gasteiger partial charge is 0.477 e. The zero-order valence-electron chi connectivity index (χ0n) is 13.3. The molecule has 0 aliphatic rings. The lowest BCUT2D eigenvalue weighted by Crippen LogP contribution is -2.21. The number of aromatic nitrogens is 3. The summed E-state index contributed by atoms with van der Waals surface area (Å²) in [4.78, 5) is 30.2. The van der Waals surface area contributed by atoms with E-state index in [-0.39, 0.29) is 11.6 Å². The lowest BCUT2D eigenvalue weighted by molar-refractivity contribution is 0.0831. The molecule has 0 radical (unpaired) electrons. The van der Waals surface area contributed by atoms with E-state index < -0.39 is 5.91 Å². The van der Waals surface area contributed by atoms with Crippen molar-refractivity contribution in [3.05, 3.63) is 28.4 Å². The van der Waals surface area contributed by atoms with Crippen LogP contribution in [-0.4, -0.2) is 52.6 Å². The number of rotatable bonds is 5. The van der Waals surface area contributed by atoms with Crippen LogP contribution < -0.4 is 10.1 Å². The van der Waals surface area contributed by atoms with Crippen molar-refractivity contribution < 1.29 is 14.3 Å². The Hall–Kier alpha value is -2.55. The monoisotopic (exact) mass is 335 g/mol.